The van der Waals surface area contributed by atoms with Gasteiger partial charge in [-0.15, -0.1) is 0 Å². The third kappa shape index (κ3) is 4.12. The van der Waals surface area contributed by atoms with Gasteiger partial charge in [0, 0.05) is 30.9 Å². The first-order valence-corrected chi connectivity index (χ1v) is 12.7. The van der Waals surface area contributed by atoms with E-state index >= 15 is 0 Å². The molecule has 34 heavy (non-hydrogen) atoms. The average Bonchev–Trinajstić information content (AvgIpc) is 3.23. The van der Waals surface area contributed by atoms with Crippen molar-refractivity contribution >= 4 is 44.4 Å². The monoisotopic (exact) mass is 495 g/mol. The molecule has 0 aliphatic carbocycles. The second-order valence-corrected chi connectivity index (χ2v) is 10.3. The van der Waals surface area contributed by atoms with E-state index in [1.165, 1.54) is 24.7 Å². The Morgan fingerprint density at radius 1 is 0.971 bits per heavy atom. The summed E-state index contributed by atoms with van der Waals surface area (Å²) in [5.41, 5.74) is 0.869. The van der Waals surface area contributed by atoms with Crippen molar-refractivity contribution in [1.29, 1.82) is 0 Å². The molecule has 2 aromatic carbocycles. The standard InChI is InChI=1S/C24H22ClN5O3S/c25-20-15-30(34(32,33)19-9-5-2-6-10-19)23-21(20)22(26-16-27-23)29-13-11-18(12-14-29)28-24(31)17-7-3-1-4-8-17/h1-10,15-16,18H,11-14H2,(H,28,31). The van der Waals surface area contributed by atoms with E-state index in [1.807, 2.05) is 18.2 Å². The number of rotatable bonds is 5. The molecule has 0 atom stereocenters. The molecule has 0 bridgehead atoms. The van der Waals surface area contributed by atoms with Gasteiger partial charge < -0.3 is 10.2 Å². The van der Waals surface area contributed by atoms with E-state index in [9.17, 15) is 13.2 Å². The molecule has 1 fully saturated rings. The summed E-state index contributed by atoms with van der Waals surface area (Å²) in [4.78, 5) is 23.4. The van der Waals surface area contributed by atoms with Crippen LogP contribution in [-0.2, 0) is 10.0 Å². The zero-order valence-electron chi connectivity index (χ0n) is 18.1. The van der Waals surface area contributed by atoms with Crippen molar-refractivity contribution in [2.45, 2.75) is 23.8 Å². The molecule has 1 amide bonds. The fourth-order valence-electron chi connectivity index (χ4n) is 4.20. The molecule has 3 heterocycles. The lowest BCUT2D eigenvalue weighted by molar-refractivity contribution is 0.0931. The van der Waals surface area contributed by atoms with Gasteiger partial charge in [0.2, 0.25) is 0 Å². The zero-order valence-corrected chi connectivity index (χ0v) is 19.7. The molecule has 5 rings (SSSR count). The Morgan fingerprint density at radius 2 is 1.62 bits per heavy atom. The number of piperidine rings is 1. The molecule has 1 N–H and O–H groups in total. The molecule has 0 radical (unpaired) electrons. The minimum absolute atomic E-state index is 0.0415. The highest BCUT2D eigenvalue weighted by atomic mass is 35.5. The lowest BCUT2D eigenvalue weighted by Crippen LogP contribution is -2.45. The number of hydrogen-bond donors (Lipinski definition) is 1. The summed E-state index contributed by atoms with van der Waals surface area (Å²) < 4.78 is 27.5. The van der Waals surface area contributed by atoms with Crippen molar-refractivity contribution in [3.05, 3.63) is 83.8 Å². The van der Waals surface area contributed by atoms with Gasteiger partial charge in [-0.25, -0.2) is 22.4 Å². The Bertz CT molecular complexity index is 1430. The van der Waals surface area contributed by atoms with E-state index in [0.717, 1.165) is 16.8 Å². The highest BCUT2D eigenvalue weighted by molar-refractivity contribution is 7.90. The molecule has 1 aliphatic heterocycles. The lowest BCUT2D eigenvalue weighted by atomic mass is 10.0. The van der Waals surface area contributed by atoms with Crippen LogP contribution in [0, 0.1) is 0 Å². The molecule has 0 unspecified atom stereocenters. The molecular weight excluding hydrogens is 474 g/mol. The summed E-state index contributed by atoms with van der Waals surface area (Å²) in [5, 5.41) is 3.85. The molecule has 0 spiro atoms. The zero-order chi connectivity index (χ0) is 23.7. The second kappa shape index (κ2) is 9.08. The van der Waals surface area contributed by atoms with Crippen LogP contribution in [0.4, 0.5) is 5.82 Å². The van der Waals surface area contributed by atoms with Gasteiger partial charge in [-0.05, 0) is 37.1 Å². The Labute approximate surface area is 202 Å². The topological polar surface area (TPSA) is 97.2 Å². The number of carbonyl (C=O) groups is 1. The Kier molecular flexibility index (Phi) is 5.97. The van der Waals surface area contributed by atoms with Crippen LogP contribution < -0.4 is 10.2 Å². The Morgan fingerprint density at radius 3 is 2.29 bits per heavy atom. The largest absolute Gasteiger partial charge is 0.356 e. The SMILES string of the molecule is O=C(NC1CCN(c2ncnc3c2c(Cl)cn3S(=O)(=O)c2ccccc2)CC1)c1ccccc1. The number of halogens is 1. The number of hydrogen-bond acceptors (Lipinski definition) is 6. The first-order valence-electron chi connectivity index (χ1n) is 10.9. The smallest absolute Gasteiger partial charge is 0.269 e. The van der Waals surface area contributed by atoms with E-state index < -0.39 is 10.0 Å². The van der Waals surface area contributed by atoms with E-state index in [1.54, 1.807) is 30.3 Å². The summed E-state index contributed by atoms with van der Waals surface area (Å²) in [6, 6.07) is 17.3. The number of nitrogens with zero attached hydrogens (tertiary/aromatic N) is 4. The highest BCUT2D eigenvalue weighted by Gasteiger charge is 2.28. The third-order valence-electron chi connectivity index (χ3n) is 5.95. The van der Waals surface area contributed by atoms with Crippen molar-refractivity contribution in [3.8, 4) is 0 Å². The van der Waals surface area contributed by atoms with E-state index in [4.69, 9.17) is 11.6 Å². The molecule has 1 aliphatic rings. The quantitative estimate of drug-likeness (QED) is 0.453. The summed E-state index contributed by atoms with van der Waals surface area (Å²) in [6.45, 7) is 1.28. The third-order valence-corrected chi connectivity index (χ3v) is 7.90. The van der Waals surface area contributed by atoms with Crippen molar-refractivity contribution in [1.82, 2.24) is 19.3 Å². The van der Waals surface area contributed by atoms with Gasteiger partial charge in [0.1, 0.15) is 12.1 Å². The molecule has 8 nitrogen and oxygen atoms in total. The van der Waals surface area contributed by atoms with Gasteiger partial charge in [-0.3, -0.25) is 4.79 Å². The van der Waals surface area contributed by atoms with Crippen LogP contribution in [0.1, 0.15) is 23.2 Å². The van der Waals surface area contributed by atoms with Crippen molar-refractivity contribution in [3.63, 3.8) is 0 Å². The van der Waals surface area contributed by atoms with Crippen LogP contribution in [-0.4, -0.2) is 47.4 Å². The fraction of sp³-hybridized carbons (Fsp3) is 0.208. The molecule has 4 aromatic rings. The predicted octanol–water partition coefficient (Wildman–Crippen LogP) is 3.72. The Hall–Kier alpha value is -3.43. The molecule has 10 heteroatoms. The summed E-state index contributed by atoms with van der Waals surface area (Å²) >= 11 is 6.51. The van der Waals surface area contributed by atoms with E-state index in [-0.39, 0.29) is 27.5 Å². The first-order chi connectivity index (χ1) is 16.4. The number of nitrogens with one attached hydrogen (secondary N) is 1. The molecular formula is C24H22ClN5O3S. The van der Waals surface area contributed by atoms with Crippen LogP contribution >= 0.6 is 11.6 Å². The highest BCUT2D eigenvalue weighted by Crippen LogP contribution is 2.34. The van der Waals surface area contributed by atoms with Gasteiger partial charge >= 0.3 is 0 Å². The van der Waals surface area contributed by atoms with Crippen LogP contribution in [0.25, 0.3) is 11.0 Å². The molecule has 1 saturated heterocycles. The van der Waals surface area contributed by atoms with E-state index in [2.05, 4.69) is 20.2 Å². The van der Waals surface area contributed by atoms with Gasteiger partial charge in [0.05, 0.1) is 15.3 Å². The van der Waals surface area contributed by atoms with Gasteiger partial charge in [0.25, 0.3) is 15.9 Å². The maximum Gasteiger partial charge on any atom is 0.269 e. The Balaban J connectivity index is 1.38. The number of benzene rings is 2. The van der Waals surface area contributed by atoms with Crippen LogP contribution in [0.5, 0.6) is 0 Å². The number of aromatic nitrogens is 3. The van der Waals surface area contributed by atoms with Crippen LogP contribution in [0.3, 0.4) is 0 Å². The molecule has 174 valence electrons. The van der Waals surface area contributed by atoms with Gasteiger partial charge in [0.15, 0.2) is 5.65 Å². The maximum atomic E-state index is 13.2. The van der Waals surface area contributed by atoms with E-state index in [0.29, 0.717) is 29.9 Å². The molecule has 2 aromatic heterocycles. The van der Waals surface area contributed by atoms with Crippen molar-refractivity contribution in [2.24, 2.45) is 0 Å². The summed E-state index contributed by atoms with van der Waals surface area (Å²) in [5.74, 6) is 0.500. The second-order valence-electron chi connectivity index (χ2n) is 8.09. The van der Waals surface area contributed by atoms with Gasteiger partial charge in [-0.2, -0.15) is 0 Å². The van der Waals surface area contributed by atoms with Crippen molar-refractivity contribution in [2.75, 3.05) is 18.0 Å². The summed E-state index contributed by atoms with van der Waals surface area (Å²) in [6.07, 6.45) is 4.18. The molecule has 0 saturated carbocycles. The van der Waals surface area contributed by atoms with Crippen LogP contribution in [0.2, 0.25) is 5.02 Å². The number of amides is 1. The number of anilines is 1. The predicted molar refractivity (Wildman–Crippen MR) is 131 cm³/mol. The van der Waals surface area contributed by atoms with Crippen molar-refractivity contribution < 1.29 is 13.2 Å². The number of carbonyl (C=O) groups excluding carboxylic acids is 1. The average molecular weight is 496 g/mol. The van der Waals surface area contributed by atoms with Crippen LogP contribution in [0.15, 0.2) is 78.1 Å². The van der Waals surface area contributed by atoms with Gasteiger partial charge in [-0.1, -0.05) is 48.0 Å². The lowest BCUT2D eigenvalue weighted by Gasteiger charge is -2.33. The minimum Gasteiger partial charge on any atom is -0.356 e. The normalized spacial score (nSPS) is 14.9. The maximum absolute atomic E-state index is 13.2. The first kappa shape index (κ1) is 22.4. The minimum atomic E-state index is -3.86. The summed E-state index contributed by atoms with van der Waals surface area (Å²) in [7, 11) is -3.86. The fourth-order valence-corrected chi connectivity index (χ4v) is 5.86. The number of fused-ring (bicyclic) bond motifs is 1.